The van der Waals surface area contributed by atoms with Crippen molar-refractivity contribution in [2.24, 2.45) is 11.8 Å². The minimum absolute atomic E-state index is 0.0908. The van der Waals surface area contributed by atoms with Crippen molar-refractivity contribution in [3.63, 3.8) is 0 Å². The van der Waals surface area contributed by atoms with Gasteiger partial charge in [-0.05, 0) is 68.9 Å². The van der Waals surface area contributed by atoms with E-state index in [1.165, 1.54) is 0 Å². The lowest BCUT2D eigenvalue weighted by atomic mass is 9.98. The van der Waals surface area contributed by atoms with Crippen LogP contribution >= 0.6 is 11.6 Å². The van der Waals surface area contributed by atoms with E-state index in [0.717, 1.165) is 43.5 Å². The van der Waals surface area contributed by atoms with Gasteiger partial charge < -0.3 is 30.8 Å². The SMILES string of the molecule is CC(C)(O)COC1=CN/C(=C(/C#N)C=N)C(c2ccc(N3C[C@H]4CC(NC(=O)c5ncccc5Cl)C[C@H]4C3)nc2)=C1. The fourth-order valence-corrected chi connectivity index (χ4v) is 5.78. The lowest BCUT2D eigenvalue weighted by Crippen LogP contribution is -2.35. The summed E-state index contributed by atoms with van der Waals surface area (Å²) in [4.78, 5) is 23.8. The van der Waals surface area contributed by atoms with Crippen molar-refractivity contribution in [2.75, 3.05) is 24.6 Å². The van der Waals surface area contributed by atoms with Crippen LogP contribution in [-0.4, -0.2) is 58.5 Å². The average molecular weight is 574 g/mol. The number of amides is 1. The normalized spacial score (nSPS) is 23.0. The molecule has 10 nitrogen and oxygen atoms in total. The Kier molecular flexibility index (Phi) is 8.10. The van der Waals surface area contributed by atoms with Crippen LogP contribution in [-0.2, 0) is 4.74 Å². The van der Waals surface area contributed by atoms with Crippen LogP contribution in [0.4, 0.5) is 5.82 Å². The number of fused-ring (bicyclic) bond motifs is 1. The number of aliphatic hydroxyl groups is 1. The van der Waals surface area contributed by atoms with Gasteiger partial charge in [-0.1, -0.05) is 11.6 Å². The monoisotopic (exact) mass is 573 g/mol. The third-order valence-corrected chi connectivity index (χ3v) is 7.79. The summed E-state index contributed by atoms with van der Waals surface area (Å²) in [5.74, 6) is 2.03. The van der Waals surface area contributed by atoms with E-state index in [1.807, 2.05) is 12.1 Å². The zero-order chi connectivity index (χ0) is 29.1. The van der Waals surface area contributed by atoms with E-state index < -0.39 is 5.60 Å². The van der Waals surface area contributed by atoms with Gasteiger partial charge in [-0.15, -0.1) is 0 Å². The first-order chi connectivity index (χ1) is 19.6. The van der Waals surface area contributed by atoms with Crippen molar-refractivity contribution >= 4 is 35.1 Å². The number of halogens is 1. The molecule has 1 unspecified atom stereocenters. The summed E-state index contributed by atoms with van der Waals surface area (Å²) in [5.41, 5.74) is 1.35. The van der Waals surface area contributed by atoms with E-state index in [0.29, 0.717) is 33.9 Å². The molecule has 1 saturated heterocycles. The van der Waals surface area contributed by atoms with Crippen LogP contribution in [0.5, 0.6) is 0 Å². The molecule has 2 aromatic heterocycles. The van der Waals surface area contributed by atoms with Crippen LogP contribution in [0.25, 0.3) is 5.57 Å². The Hall–Kier alpha value is -4.20. The zero-order valence-corrected chi connectivity index (χ0v) is 23.7. The molecule has 3 aliphatic rings. The van der Waals surface area contributed by atoms with E-state index in [-0.39, 0.29) is 29.8 Å². The Morgan fingerprint density at radius 2 is 2.07 bits per heavy atom. The number of nitriles is 1. The molecular weight excluding hydrogens is 542 g/mol. The molecule has 1 saturated carbocycles. The Morgan fingerprint density at radius 3 is 2.68 bits per heavy atom. The summed E-state index contributed by atoms with van der Waals surface area (Å²) < 4.78 is 5.75. The number of rotatable bonds is 8. The van der Waals surface area contributed by atoms with E-state index in [4.69, 9.17) is 26.7 Å². The van der Waals surface area contributed by atoms with Crippen LogP contribution < -0.4 is 15.5 Å². The standard InChI is InChI=1S/C30H32ClN7O3/c1-30(2,40)17-41-23-10-24(27(36-14-23)21(11-32)12-33)18-5-6-26(35-13-18)38-15-19-8-22(9-20(19)16-38)37-29(39)28-25(31)4-3-7-34-28/h3-7,10-11,13-14,19-20,22,32,36,40H,8-9,15-17H2,1-2H3,(H,37,39)/b27-21+,32-11?/t19-,20+,22?. The second-order valence-corrected chi connectivity index (χ2v) is 11.6. The molecule has 212 valence electrons. The number of nitrogens with one attached hydrogen (secondary N) is 3. The lowest BCUT2D eigenvalue weighted by Gasteiger charge is -2.24. The number of nitrogens with zero attached hydrogens (tertiary/aromatic N) is 4. The van der Waals surface area contributed by atoms with Crippen LogP contribution in [0.2, 0.25) is 5.02 Å². The Bertz CT molecular complexity index is 1460. The van der Waals surface area contributed by atoms with Crippen LogP contribution in [0.3, 0.4) is 0 Å². The third-order valence-electron chi connectivity index (χ3n) is 7.48. The molecule has 2 fully saturated rings. The maximum absolute atomic E-state index is 12.7. The molecule has 0 aromatic carbocycles. The molecule has 0 spiro atoms. The summed E-state index contributed by atoms with van der Waals surface area (Å²) in [7, 11) is 0. The van der Waals surface area contributed by atoms with Crippen molar-refractivity contribution in [1.29, 1.82) is 10.7 Å². The number of allylic oxidation sites excluding steroid dienone is 3. The Morgan fingerprint density at radius 1 is 1.32 bits per heavy atom. The van der Waals surface area contributed by atoms with Gasteiger partial charge in [-0.3, -0.25) is 4.79 Å². The molecular formula is C30H32ClN7O3. The van der Waals surface area contributed by atoms with Gasteiger partial charge in [0.05, 0.1) is 21.9 Å². The Labute approximate surface area is 243 Å². The number of carbonyl (C=O) groups excluding carboxylic acids is 1. The van der Waals surface area contributed by atoms with Crippen molar-refractivity contribution in [3.05, 3.63) is 82.2 Å². The third kappa shape index (κ3) is 6.42. The molecule has 41 heavy (non-hydrogen) atoms. The summed E-state index contributed by atoms with van der Waals surface area (Å²) in [6.07, 6.45) is 9.51. The second-order valence-electron chi connectivity index (χ2n) is 11.2. The molecule has 4 N–H and O–H groups in total. The van der Waals surface area contributed by atoms with Gasteiger partial charge in [0.2, 0.25) is 0 Å². The highest BCUT2D eigenvalue weighted by molar-refractivity contribution is 6.33. The predicted molar refractivity (Wildman–Crippen MR) is 156 cm³/mol. The first-order valence-corrected chi connectivity index (χ1v) is 13.8. The first kappa shape index (κ1) is 28.3. The maximum atomic E-state index is 12.7. The molecule has 1 amide bonds. The second kappa shape index (κ2) is 11.7. The van der Waals surface area contributed by atoms with E-state index in [2.05, 4.69) is 26.6 Å². The largest absolute Gasteiger partial charge is 0.489 e. The quantitative estimate of drug-likeness (QED) is 0.275. The number of hydrogen-bond donors (Lipinski definition) is 4. The smallest absolute Gasteiger partial charge is 0.271 e. The van der Waals surface area contributed by atoms with Gasteiger partial charge in [0.25, 0.3) is 5.91 Å². The summed E-state index contributed by atoms with van der Waals surface area (Å²) in [5, 5.41) is 33.8. The molecule has 4 heterocycles. The summed E-state index contributed by atoms with van der Waals surface area (Å²) >= 11 is 6.14. The van der Waals surface area contributed by atoms with Gasteiger partial charge in [0.1, 0.15) is 29.9 Å². The molecule has 5 rings (SSSR count). The van der Waals surface area contributed by atoms with Crippen molar-refractivity contribution in [1.82, 2.24) is 20.6 Å². The number of dihydropyridines is 1. The number of anilines is 1. The number of ether oxygens (including phenoxy) is 1. The lowest BCUT2D eigenvalue weighted by molar-refractivity contribution is 0.00548. The topological polar surface area (TPSA) is 147 Å². The molecule has 2 aromatic rings. The minimum atomic E-state index is -1.01. The first-order valence-electron chi connectivity index (χ1n) is 13.5. The number of hydrogen-bond acceptors (Lipinski definition) is 9. The van der Waals surface area contributed by atoms with Gasteiger partial charge in [0, 0.05) is 55.1 Å². The number of aromatic nitrogens is 2. The molecule has 0 bridgehead atoms. The summed E-state index contributed by atoms with van der Waals surface area (Å²) in [6, 6.07) is 9.42. The van der Waals surface area contributed by atoms with Gasteiger partial charge in [-0.25, -0.2) is 9.97 Å². The van der Waals surface area contributed by atoms with Crippen molar-refractivity contribution in [3.8, 4) is 6.07 Å². The fourth-order valence-electron chi connectivity index (χ4n) is 5.58. The minimum Gasteiger partial charge on any atom is -0.489 e. The van der Waals surface area contributed by atoms with Gasteiger partial charge in [0.15, 0.2) is 0 Å². The van der Waals surface area contributed by atoms with Crippen LogP contribution in [0, 0.1) is 28.6 Å². The zero-order valence-electron chi connectivity index (χ0n) is 22.9. The van der Waals surface area contributed by atoms with Crippen LogP contribution in [0.15, 0.2) is 66.0 Å². The molecule has 2 aliphatic heterocycles. The summed E-state index contributed by atoms with van der Waals surface area (Å²) in [6.45, 7) is 5.12. The molecule has 11 heteroatoms. The Balaban J connectivity index is 1.25. The van der Waals surface area contributed by atoms with E-state index in [1.54, 1.807) is 50.6 Å². The van der Waals surface area contributed by atoms with Crippen LogP contribution in [0.1, 0.15) is 42.7 Å². The fraction of sp³-hybridized carbons (Fsp3) is 0.367. The molecule has 3 atom stereocenters. The van der Waals surface area contributed by atoms with Crippen molar-refractivity contribution < 1.29 is 14.6 Å². The van der Waals surface area contributed by atoms with E-state index >= 15 is 0 Å². The highest BCUT2D eigenvalue weighted by Gasteiger charge is 2.42. The van der Waals surface area contributed by atoms with Crippen molar-refractivity contribution in [2.45, 2.75) is 38.3 Å². The van der Waals surface area contributed by atoms with E-state index in [9.17, 15) is 15.2 Å². The van der Waals surface area contributed by atoms with Gasteiger partial charge >= 0.3 is 0 Å². The number of pyridine rings is 2. The maximum Gasteiger partial charge on any atom is 0.271 e. The molecule has 0 radical (unpaired) electrons. The molecule has 1 aliphatic carbocycles. The average Bonchev–Trinajstić information content (AvgIpc) is 3.52. The van der Waals surface area contributed by atoms with Gasteiger partial charge in [-0.2, -0.15) is 5.26 Å². The highest BCUT2D eigenvalue weighted by Crippen LogP contribution is 2.40. The highest BCUT2D eigenvalue weighted by atomic mass is 35.5. The number of carbonyl (C=O) groups is 1. The predicted octanol–water partition coefficient (Wildman–Crippen LogP) is 3.82.